The van der Waals surface area contributed by atoms with Crippen LogP contribution in [0.3, 0.4) is 0 Å². The van der Waals surface area contributed by atoms with Crippen molar-refractivity contribution < 1.29 is 24.3 Å². The molecule has 0 bridgehead atoms. The molecule has 0 radical (unpaired) electrons. The SMILES string of the molecule is NCCC(=O)NCCC(=O)ON1C(=O)CCC1O. The van der Waals surface area contributed by atoms with Crippen LogP contribution < -0.4 is 11.1 Å². The molecule has 2 amide bonds. The number of carbonyl (C=O) groups excluding carboxylic acids is 3. The van der Waals surface area contributed by atoms with E-state index in [-0.39, 0.29) is 44.7 Å². The van der Waals surface area contributed by atoms with Gasteiger partial charge in [-0.15, -0.1) is 5.06 Å². The second-order valence-electron chi connectivity index (χ2n) is 3.84. The van der Waals surface area contributed by atoms with Gasteiger partial charge in [-0.05, 0) is 0 Å². The molecule has 0 saturated carbocycles. The van der Waals surface area contributed by atoms with Crippen molar-refractivity contribution in [3.05, 3.63) is 0 Å². The molecule has 1 unspecified atom stereocenters. The number of amides is 2. The fourth-order valence-corrected chi connectivity index (χ4v) is 1.44. The lowest BCUT2D eigenvalue weighted by molar-refractivity contribution is -0.220. The number of rotatable bonds is 6. The van der Waals surface area contributed by atoms with Gasteiger partial charge in [-0.25, -0.2) is 4.79 Å². The van der Waals surface area contributed by atoms with E-state index in [0.29, 0.717) is 5.06 Å². The molecule has 102 valence electrons. The molecule has 1 atom stereocenters. The summed E-state index contributed by atoms with van der Waals surface area (Å²) < 4.78 is 0. The Kier molecular flexibility index (Phi) is 5.53. The molecular formula is C10H17N3O5. The van der Waals surface area contributed by atoms with Crippen LogP contribution in [-0.2, 0) is 19.2 Å². The molecule has 1 fully saturated rings. The van der Waals surface area contributed by atoms with E-state index >= 15 is 0 Å². The Hall–Kier alpha value is -1.67. The summed E-state index contributed by atoms with van der Waals surface area (Å²) in [4.78, 5) is 38.2. The Morgan fingerprint density at radius 1 is 1.50 bits per heavy atom. The van der Waals surface area contributed by atoms with Crippen molar-refractivity contribution in [1.82, 2.24) is 10.4 Å². The zero-order valence-electron chi connectivity index (χ0n) is 9.92. The number of nitrogens with two attached hydrogens (primary N) is 1. The molecule has 1 aliphatic rings. The van der Waals surface area contributed by atoms with E-state index in [4.69, 9.17) is 10.6 Å². The average molecular weight is 259 g/mol. The van der Waals surface area contributed by atoms with Gasteiger partial charge in [0.15, 0.2) is 6.23 Å². The fourth-order valence-electron chi connectivity index (χ4n) is 1.44. The third-order valence-electron chi connectivity index (χ3n) is 2.36. The minimum atomic E-state index is -1.08. The van der Waals surface area contributed by atoms with Crippen LogP contribution in [0.5, 0.6) is 0 Å². The van der Waals surface area contributed by atoms with E-state index in [1.54, 1.807) is 0 Å². The van der Waals surface area contributed by atoms with E-state index in [9.17, 15) is 19.5 Å². The van der Waals surface area contributed by atoms with Gasteiger partial charge in [0.05, 0.1) is 6.42 Å². The highest BCUT2D eigenvalue weighted by Gasteiger charge is 2.32. The third kappa shape index (κ3) is 4.30. The Bertz CT molecular complexity index is 333. The first-order chi connectivity index (χ1) is 8.54. The predicted octanol–water partition coefficient (Wildman–Crippen LogP) is -1.76. The fraction of sp³-hybridized carbons (Fsp3) is 0.700. The second-order valence-corrected chi connectivity index (χ2v) is 3.84. The monoisotopic (exact) mass is 259 g/mol. The van der Waals surface area contributed by atoms with Crippen LogP contribution in [-0.4, -0.2) is 47.3 Å². The van der Waals surface area contributed by atoms with Gasteiger partial charge >= 0.3 is 5.97 Å². The van der Waals surface area contributed by atoms with Crippen LogP contribution in [0.15, 0.2) is 0 Å². The zero-order valence-corrected chi connectivity index (χ0v) is 9.92. The molecule has 0 aromatic carbocycles. The highest BCUT2D eigenvalue weighted by Crippen LogP contribution is 2.16. The van der Waals surface area contributed by atoms with Gasteiger partial charge in [-0.1, -0.05) is 0 Å². The minimum absolute atomic E-state index is 0.0766. The van der Waals surface area contributed by atoms with Crippen LogP contribution in [0, 0.1) is 0 Å². The summed E-state index contributed by atoms with van der Waals surface area (Å²) in [6.45, 7) is 0.348. The number of carbonyl (C=O) groups is 3. The molecule has 0 aromatic heterocycles. The first kappa shape index (κ1) is 14.4. The molecule has 1 aliphatic heterocycles. The normalized spacial score (nSPS) is 18.9. The topological polar surface area (TPSA) is 122 Å². The summed E-state index contributed by atoms with van der Waals surface area (Å²) in [5, 5.41) is 12.5. The van der Waals surface area contributed by atoms with Crippen LogP contribution in [0.2, 0.25) is 0 Å². The maximum Gasteiger partial charge on any atom is 0.334 e. The molecule has 4 N–H and O–H groups in total. The van der Waals surface area contributed by atoms with Gasteiger partial charge in [0, 0.05) is 32.4 Å². The van der Waals surface area contributed by atoms with Gasteiger partial charge in [0.1, 0.15) is 0 Å². The number of nitrogens with one attached hydrogen (secondary N) is 1. The van der Waals surface area contributed by atoms with Crippen molar-refractivity contribution in [2.24, 2.45) is 5.73 Å². The Morgan fingerprint density at radius 3 is 2.78 bits per heavy atom. The predicted molar refractivity (Wildman–Crippen MR) is 59.5 cm³/mol. The molecule has 0 spiro atoms. The smallest absolute Gasteiger partial charge is 0.334 e. The lowest BCUT2D eigenvalue weighted by Gasteiger charge is -2.18. The number of hydrogen-bond donors (Lipinski definition) is 3. The Labute approximate surface area is 104 Å². The van der Waals surface area contributed by atoms with Gasteiger partial charge in [0.2, 0.25) is 5.91 Å². The summed E-state index contributed by atoms with van der Waals surface area (Å²) >= 11 is 0. The van der Waals surface area contributed by atoms with Crippen molar-refractivity contribution in [2.45, 2.75) is 31.9 Å². The van der Waals surface area contributed by atoms with Crippen molar-refractivity contribution in [3.8, 4) is 0 Å². The lowest BCUT2D eigenvalue weighted by atomic mass is 10.4. The second kappa shape index (κ2) is 6.92. The highest BCUT2D eigenvalue weighted by molar-refractivity contribution is 5.80. The maximum absolute atomic E-state index is 11.3. The summed E-state index contributed by atoms with van der Waals surface area (Å²) in [6, 6.07) is 0. The number of hydroxylamine groups is 2. The molecule has 0 aromatic rings. The Balaban J connectivity index is 2.21. The largest absolute Gasteiger partial charge is 0.370 e. The third-order valence-corrected chi connectivity index (χ3v) is 2.36. The maximum atomic E-state index is 11.3. The van der Waals surface area contributed by atoms with Crippen molar-refractivity contribution >= 4 is 17.8 Å². The highest BCUT2D eigenvalue weighted by atomic mass is 16.7. The number of aliphatic hydroxyl groups is 1. The van der Waals surface area contributed by atoms with Crippen LogP contribution in [0.1, 0.15) is 25.7 Å². The van der Waals surface area contributed by atoms with E-state index in [0.717, 1.165) is 0 Å². The van der Waals surface area contributed by atoms with Crippen LogP contribution in [0.4, 0.5) is 0 Å². The lowest BCUT2D eigenvalue weighted by Crippen LogP contribution is -2.36. The van der Waals surface area contributed by atoms with Crippen molar-refractivity contribution in [2.75, 3.05) is 13.1 Å². The summed E-state index contributed by atoms with van der Waals surface area (Å²) in [5.41, 5.74) is 5.18. The van der Waals surface area contributed by atoms with E-state index in [1.165, 1.54) is 0 Å². The number of nitrogens with zero attached hydrogens (tertiary/aromatic N) is 1. The van der Waals surface area contributed by atoms with Gasteiger partial charge in [-0.2, -0.15) is 0 Å². The molecule has 0 aliphatic carbocycles. The Morgan fingerprint density at radius 2 is 2.22 bits per heavy atom. The summed E-state index contributed by atoms with van der Waals surface area (Å²) in [5.74, 6) is -1.36. The standard InChI is InChI=1S/C10H17N3O5/c11-5-3-7(14)12-6-4-10(17)18-13-8(15)1-2-9(13)16/h8,15H,1-6,11H2,(H,12,14). The van der Waals surface area contributed by atoms with Gasteiger partial charge in [0.25, 0.3) is 5.91 Å². The molecule has 8 heteroatoms. The summed E-state index contributed by atoms with van der Waals surface area (Å²) in [7, 11) is 0. The van der Waals surface area contributed by atoms with Gasteiger partial charge < -0.3 is 21.0 Å². The van der Waals surface area contributed by atoms with Gasteiger partial charge in [-0.3, -0.25) is 9.59 Å². The quantitative estimate of drug-likeness (QED) is 0.519. The van der Waals surface area contributed by atoms with E-state index < -0.39 is 18.1 Å². The first-order valence-electron chi connectivity index (χ1n) is 5.72. The molecule has 1 heterocycles. The first-order valence-corrected chi connectivity index (χ1v) is 5.72. The minimum Gasteiger partial charge on any atom is -0.370 e. The molecule has 8 nitrogen and oxygen atoms in total. The van der Waals surface area contributed by atoms with Crippen LogP contribution >= 0.6 is 0 Å². The van der Waals surface area contributed by atoms with E-state index in [2.05, 4.69) is 5.32 Å². The summed E-state index contributed by atoms with van der Waals surface area (Å²) in [6.07, 6.45) is -0.556. The zero-order chi connectivity index (χ0) is 13.5. The molecule has 18 heavy (non-hydrogen) atoms. The van der Waals surface area contributed by atoms with Crippen molar-refractivity contribution in [1.29, 1.82) is 0 Å². The average Bonchev–Trinajstić information content (AvgIpc) is 2.61. The van der Waals surface area contributed by atoms with Crippen molar-refractivity contribution in [3.63, 3.8) is 0 Å². The molecule has 1 saturated heterocycles. The number of hydrogen-bond acceptors (Lipinski definition) is 6. The van der Waals surface area contributed by atoms with Crippen LogP contribution in [0.25, 0.3) is 0 Å². The molecule has 1 rings (SSSR count). The number of aliphatic hydroxyl groups excluding tert-OH is 1. The molecular weight excluding hydrogens is 242 g/mol. The van der Waals surface area contributed by atoms with E-state index in [1.807, 2.05) is 0 Å².